The molecular weight excluding hydrogens is 415 g/mol. The quantitative estimate of drug-likeness (QED) is 0.329. The van der Waals surface area contributed by atoms with Gasteiger partial charge in [0, 0.05) is 26.7 Å². The van der Waals surface area contributed by atoms with Crippen molar-refractivity contribution in [3.8, 4) is 5.75 Å². The molecule has 0 aliphatic carbocycles. The summed E-state index contributed by atoms with van der Waals surface area (Å²) in [6.45, 7) is 6.17. The zero-order valence-corrected chi connectivity index (χ0v) is 17.8. The lowest BCUT2D eigenvalue weighted by Gasteiger charge is -2.18. The normalized spacial score (nSPS) is 11.1. The SMILES string of the molecule is CCCCN(C)CCNC(=NC)NCCc1ccc(OC)cc1.I. The Balaban J connectivity index is 0.00000529. The Morgan fingerprint density at radius 2 is 1.79 bits per heavy atom. The monoisotopic (exact) mass is 448 g/mol. The van der Waals surface area contributed by atoms with E-state index >= 15 is 0 Å². The van der Waals surface area contributed by atoms with E-state index in [-0.39, 0.29) is 24.0 Å². The molecule has 2 N–H and O–H groups in total. The minimum absolute atomic E-state index is 0. The molecule has 0 fully saturated rings. The van der Waals surface area contributed by atoms with Crippen LogP contribution in [0.25, 0.3) is 0 Å². The van der Waals surface area contributed by atoms with Gasteiger partial charge in [0.25, 0.3) is 0 Å². The molecule has 1 rings (SSSR count). The van der Waals surface area contributed by atoms with E-state index in [9.17, 15) is 0 Å². The molecule has 6 heteroatoms. The first-order valence-electron chi connectivity index (χ1n) is 8.45. The van der Waals surface area contributed by atoms with Crippen molar-refractivity contribution < 1.29 is 4.74 Å². The summed E-state index contributed by atoms with van der Waals surface area (Å²) in [4.78, 5) is 6.61. The Labute approximate surface area is 164 Å². The smallest absolute Gasteiger partial charge is 0.191 e. The maximum Gasteiger partial charge on any atom is 0.191 e. The molecule has 24 heavy (non-hydrogen) atoms. The number of likely N-dealkylation sites (N-methyl/N-ethyl adjacent to an activating group) is 1. The van der Waals surface area contributed by atoms with Gasteiger partial charge in [-0.3, -0.25) is 4.99 Å². The number of nitrogens with zero attached hydrogens (tertiary/aromatic N) is 2. The van der Waals surface area contributed by atoms with E-state index in [1.54, 1.807) is 7.11 Å². The van der Waals surface area contributed by atoms with Crippen molar-refractivity contribution >= 4 is 29.9 Å². The second-order valence-electron chi connectivity index (χ2n) is 5.68. The number of ether oxygens (including phenoxy) is 1. The van der Waals surface area contributed by atoms with Crippen LogP contribution in [-0.2, 0) is 6.42 Å². The van der Waals surface area contributed by atoms with Gasteiger partial charge in [-0.05, 0) is 44.1 Å². The molecule has 0 aromatic heterocycles. The molecule has 0 unspecified atom stereocenters. The van der Waals surface area contributed by atoms with E-state index in [4.69, 9.17) is 4.74 Å². The molecule has 0 atom stereocenters. The van der Waals surface area contributed by atoms with Gasteiger partial charge in [-0.1, -0.05) is 25.5 Å². The number of halogens is 1. The second-order valence-corrected chi connectivity index (χ2v) is 5.68. The summed E-state index contributed by atoms with van der Waals surface area (Å²) >= 11 is 0. The minimum Gasteiger partial charge on any atom is -0.497 e. The number of hydrogen-bond donors (Lipinski definition) is 2. The first-order chi connectivity index (χ1) is 11.2. The summed E-state index contributed by atoms with van der Waals surface area (Å²) in [6, 6.07) is 8.18. The Morgan fingerprint density at radius 3 is 2.38 bits per heavy atom. The Bertz CT molecular complexity index is 451. The number of methoxy groups -OCH3 is 1. The van der Waals surface area contributed by atoms with E-state index < -0.39 is 0 Å². The predicted molar refractivity (Wildman–Crippen MR) is 114 cm³/mol. The third-order valence-electron chi connectivity index (χ3n) is 3.77. The van der Waals surface area contributed by atoms with E-state index in [1.165, 1.54) is 18.4 Å². The number of nitrogens with one attached hydrogen (secondary N) is 2. The fraction of sp³-hybridized carbons (Fsp3) is 0.611. The molecule has 0 aliphatic rings. The van der Waals surface area contributed by atoms with Crippen LogP contribution in [0.1, 0.15) is 25.3 Å². The average Bonchev–Trinajstić information content (AvgIpc) is 2.59. The highest BCUT2D eigenvalue weighted by molar-refractivity contribution is 14.0. The Morgan fingerprint density at radius 1 is 1.12 bits per heavy atom. The summed E-state index contributed by atoms with van der Waals surface area (Å²) < 4.78 is 5.17. The lowest BCUT2D eigenvalue weighted by molar-refractivity contribution is 0.332. The van der Waals surface area contributed by atoms with E-state index in [1.807, 2.05) is 19.2 Å². The van der Waals surface area contributed by atoms with Gasteiger partial charge >= 0.3 is 0 Å². The van der Waals surface area contributed by atoms with Crippen LogP contribution in [0.15, 0.2) is 29.3 Å². The molecule has 0 amide bonds. The number of guanidine groups is 1. The first kappa shape index (κ1) is 23.0. The third kappa shape index (κ3) is 9.97. The molecule has 0 saturated heterocycles. The van der Waals surface area contributed by atoms with Crippen LogP contribution in [0.3, 0.4) is 0 Å². The van der Waals surface area contributed by atoms with Crippen LogP contribution in [0.2, 0.25) is 0 Å². The summed E-state index contributed by atoms with van der Waals surface area (Å²) in [5.41, 5.74) is 1.29. The van der Waals surface area contributed by atoms with Crippen molar-refractivity contribution in [3.05, 3.63) is 29.8 Å². The standard InChI is InChI=1S/C18H32N4O.HI/c1-5-6-14-22(3)15-13-21-18(19-2)20-12-11-16-7-9-17(23-4)10-8-16;/h7-10H,5-6,11-15H2,1-4H3,(H2,19,20,21);1H. The summed E-state index contributed by atoms with van der Waals surface area (Å²) in [5.74, 6) is 1.76. The first-order valence-corrected chi connectivity index (χ1v) is 8.45. The molecule has 0 bridgehead atoms. The van der Waals surface area contributed by atoms with E-state index in [0.29, 0.717) is 0 Å². The van der Waals surface area contributed by atoms with Crippen LogP contribution in [-0.4, -0.2) is 58.2 Å². The largest absolute Gasteiger partial charge is 0.497 e. The zero-order valence-electron chi connectivity index (χ0n) is 15.5. The molecule has 138 valence electrons. The molecule has 1 aromatic rings. The van der Waals surface area contributed by atoms with Gasteiger partial charge in [0.05, 0.1) is 7.11 Å². The lowest BCUT2D eigenvalue weighted by Crippen LogP contribution is -2.41. The van der Waals surface area contributed by atoms with E-state index in [0.717, 1.165) is 44.3 Å². The summed E-state index contributed by atoms with van der Waals surface area (Å²) in [6.07, 6.45) is 3.46. The van der Waals surface area contributed by atoms with Crippen LogP contribution >= 0.6 is 24.0 Å². The molecule has 0 heterocycles. The molecule has 5 nitrogen and oxygen atoms in total. The second kappa shape index (κ2) is 14.3. The molecule has 0 aliphatic heterocycles. The fourth-order valence-electron chi connectivity index (χ4n) is 2.24. The molecule has 0 saturated carbocycles. The molecule has 0 spiro atoms. The van der Waals surface area contributed by atoms with Gasteiger partial charge in [0.15, 0.2) is 5.96 Å². The van der Waals surface area contributed by atoms with Crippen molar-refractivity contribution in [2.75, 3.05) is 47.4 Å². The van der Waals surface area contributed by atoms with Crippen molar-refractivity contribution in [2.24, 2.45) is 4.99 Å². The number of benzene rings is 1. The molecule has 0 radical (unpaired) electrons. The number of aliphatic imine (C=N–C) groups is 1. The summed E-state index contributed by atoms with van der Waals surface area (Å²) in [7, 11) is 5.66. The minimum atomic E-state index is 0. The maximum absolute atomic E-state index is 5.17. The molecular formula is C18H33IN4O. The Kier molecular flexibility index (Phi) is 13.7. The predicted octanol–water partition coefficient (Wildman–Crippen LogP) is 2.75. The van der Waals surface area contributed by atoms with Gasteiger partial charge in [0.2, 0.25) is 0 Å². The van der Waals surface area contributed by atoms with Crippen LogP contribution < -0.4 is 15.4 Å². The van der Waals surface area contributed by atoms with Crippen molar-refractivity contribution in [1.29, 1.82) is 0 Å². The highest BCUT2D eigenvalue weighted by Crippen LogP contribution is 2.11. The van der Waals surface area contributed by atoms with Gasteiger partial charge in [0.1, 0.15) is 5.75 Å². The maximum atomic E-state index is 5.17. The summed E-state index contributed by atoms with van der Waals surface area (Å²) in [5, 5.41) is 6.71. The highest BCUT2D eigenvalue weighted by Gasteiger charge is 2.00. The number of hydrogen-bond acceptors (Lipinski definition) is 3. The lowest BCUT2D eigenvalue weighted by atomic mass is 10.1. The van der Waals surface area contributed by atoms with Crippen molar-refractivity contribution in [1.82, 2.24) is 15.5 Å². The topological polar surface area (TPSA) is 48.9 Å². The van der Waals surface area contributed by atoms with Gasteiger partial charge in [-0.15, -0.1) is 24.0 Å². The molecule has 1 aromatic carbocycles. The zero-order chi connectivity index (χ0) is 16.9. The van der Waals surface area contributed by atoms with Crippen molar-refractivity contribution in [2.45, 2.75) is 26.2 Å². The third-order valence-corrected chi connectivity index (χ3v) is 3.77. The highest BCUT2D eigenvalue weighted by atomic mass is 127. The fourth-order valence-corrected chi connectivity index (χ4v) is 2.24. The number of unbranched alkanes of at least 4 members (excludes halogenated alkanes) is 1. The van der Waals surface area contributed by atoms with E-state index in [2.05, 4.69) is 46.6 Å². The van der Waals surface area contributed by atoms with Crippen LogP contribution in [0, 0.1) is 0 Å². The van der Waals surface area contributed by atoms with Crippen LogP contribution in [0.5, 0.6) is 5.75 Å². The van der Waals surface area contributed by atoms with Gasteiger partial charge in [-0.2, -0.15) is 0 Å². The van der Waals surface area contributed by atoms with Gasteiger partial charge in [-0.25, -0.2) is 0 Å². The van der Waals surface area contributed by atoms with Crippen molar-refractivity contribution in [3.63, 3.8) is 0 Å². The average molecular weight is 448 g/mol. The van der Waals surface area contributed by atoms with Gasteiger partial charge < -0.3 is 20.3 Å². The Hall–Kier alpha value is -1.02. The van der Waals surface area contributed by atoms with Crippen LogP contribution in [0.4, 0.5) is 0 Å². The number of rotatable bonds is 10.